The standard InChI is InChI=1S/C30H31ClF2/c1-2-3-4-21-5-7-22(8-6-21)9-10-23-12-17-27-26(19-23)16-15-25(30(27)33)14-11-24-13-18-28(31)29(32)20-24/h12-13,15-22H,2-10H2,1H3. The molecule has 0 spiro atoms. The smallest absolute Gasteiger partial charge is 0.146 e. The van der Waals surface area contributed by atoms with Gasteiger partial charge in [-0.05, 0) is 59.9 Å². The summed E-state index contributed by atoms with van der Waals surface area (Å²) in [5, 5.41) is 1.52. The van der Waals surface area contributed by atoms with Crippen LogP contribution in [0.3, 0.4) is 0 Å². The lowest BCUT2D eigenvalue weighted by Gasteiger charge is -2.28. The third-order valence-electron chi connectivity index (χ3n) is 7.05. The first kappa shape index (κ1) is 23.8. The molecule has 4 rings (SSSR count). The molecule has 0 aromatic heterocycles. The zero-order valence-corrected chi connectivity index (χ0v) is 20.0. The van der Waals surface area contributed by atoms with Crippen LogP contribution < -0.4 is 0 Å². The van der Waals surface area contributed by atoms with Crippen molar-refractivity contribution >= 4 is 22.4 Å². The fraction of sp³-hybridized carbons (Fsp3) is 0.400. The molecule has 0 saturated heterocycles. The monoisotopic (exact) mass is 464 g/mol. The minimum atomic E-state index is -0.528. The van der Waals surface area contributed by atoms with Gasteiger partial charge in [0.05, 0.1) is 10.6 Å². The number of rotatable bonds is 6. The van der Waals surface area contributed by atoms with Gasteiger partial charge in [-0.25, -0.2) is 8.78 Å². The third-order valence-corrected chi connectivity index (χ3v) is 7.36. The zero-order valence-electron chi connectivity index (χ0n) is 19.3. The highest BCUT2D eigenvalue weighted by Gasteiger charge is 2.20. The van der Waals surface area contributed by atoms with Crippen LogP contribution in [0.4, 0.5) is 8.78 Å². The van der Waals surface area contributed by atoms with E-state index in [1.54, 1.807) is 12.1 Å². The molecular formula is C30H31ClF2. The Labute approximate surface area is 201 Å². The summed E-state index contributed by atoms with van der Waals surface area (Å²) in [5.74, 6) is 6.57. The average molecular weight is 465 g/mol. The summed E-state index contributed by atoms with van der Waals surface area (Å²) < 4.78 is 28.7. The highest BCUT2D eigenvalue weighted by Crippen LogP contribution is 2.34. The second-order valence-electron chi connectivity index (χ2n) is 9.43. The van der Waals surface area contributed by atoms with E-state index in [2.05, 4.69) is 24.8 Å². The number of hydrogen-bond donors (Lipinski definition) is 0. The number of benzene rings is 3. The van der Waals surface area contributed by atoms with Crippen molar-refractivity contribution in [2.45, 2.75) is 64.7 Å². The molecule has 1 aliphatic carbocycles. The van der Waals surface area contributed by atoms with Crippen molar-refractivity contribution < 1.29 is 8.78 Å². The van der Waals surface area contributed by atoms with Crippen molar-refractivity contribution in [2.24, 2.45) is 11.8 Å². The minimum absolute atomic E-state index is 0.0490. The van der Waals surface area contributed by atoms with E-state index in [-0.39, 0.29) is 10.8 Å². The van der Waals surface area contributed by atoms with Gasteiger partial charge < -0.3 is 0 Å². The quantitative estimate of drug-likeness (QED) is 0.319. The van der Waals surface area contributed by atoms with E-state index >= 15 is 4.39 Å². The molecule has 0 nitrogen and oxygen atoms in total. The molecule has 0 heterocycles. The lowest BCUT2D eigenvalue weighted by Crippen LogP contribution is -2.15. The molecule has 0 atom stereocenters. The van der Waals surface area contributed by atoms with Crippen molar-refractivity contribution in [1.29, 1.82) is 0 Å². The van der Waals surface area contributed by atoms with Gasteiger partial charge in [0.15, 0.2) is 0 Å². The fourth-order valence-corrected chi connectivity index (χ4v) is 5.10. The molecule has 0 amide bonds. The van der Waals surface area contributed by atoms with E-state index in [9.17, 15) is 4.39 Å². The van der Waals surface area contributed by atoms with Gasteiger partial charge in [0.2, 0.25) is 0 Å². The van der Waals surface area contributed by atoms with Crippen molar-refractivity contribution in [1.82, 2.24) is 0 Å². The minimum Gasteiger partial charge on any atom is -0.205 e. The van der Waals surface area contributed by atoms with Crippen LogP contribution in [-0.2, 0) is 6.42 Å². The van der Waals surface area contributed by atoms with Gasteiger partial charge in [0, 0.05) is 10.9 Å². The Morgan fingerprint density at radius 1 is 0.879 bits per heavy atom. The molecule has 3 aromatic carbocycles. The Morgan fingerprint density at radius 2 is 1.64 bits per heavy atom. The zero-order chi connectivity index (χ0) is 23.2. The molecule has 0 radical (unpaired) electrons. The van der Waals surface area contributed by atoms with E-state index in [0.717, 1.165) is 23.6 Å². The van der Waals surface area contributed by atoms with E-state index in [1.807, 2.05) is 18.2 Å². The molecule has 0 unspecified atom stereocenters. The van der Waals surface area contributed by atoms with Crippen molar-refractivity contribution in [3.05, 3.63) is 81.9 Å². The van der Waals surface area contributed by atoms with E-state index in [4.69, 9.17) is 11.6 Å². The van der Waals surface area contributed by atoms with Gasteiger partial charge in [-0.15, -0.1) is 0 Å². The van der Waals surface area contributed by atoms with Gasteiger partial charge >= 0.3 is 0 Å². The molecule has 0 N–H and O–H groups in total. The fourth-order valence-electron chi connectivity index (χ4n) is 4.98. The highest BCUT2D eigenvalue weighted by molar-refractivity contribution is 6.30. The predicted octanol–water partition coefficient (Wildman–Crippen LogP) is 9.10. The summed E-state index contributed by atoms with van der Waals surface area (Å²) in [6.45, 7) is 2.28. The average Bonchev–Trinajstić information content (AvgIpc) is 2.83. The van der Waals surface area contributed by atoms with Crippen LogP contribution in [0.1, 0.15) is 75.0 Å². The summed E-state index contributed by atoms with van der Waals surface area (Å²) in [6.07, 6.45) is 11.8. The van der Waals surface area contributed by atoms with Crippen LogP contribution >= 0.6 is 11.6 Å². The second kappa shape index (κ2) is 11.2. The third kappa shape index (κ3) is 6.15. The Bertz CT molecular complexity index is 1160. The first-order valence-electron chi connectivity index (χ1n) is 12.2. The first-order valence-corrected chi connectivity index (χ1v) is 12.6. The summed E-state index contributed by atoms with van der Waals surface area (Å²) in [4.78, 5) is 0. The molecule has 3 aromatic rings. The van der Waals surface area contributed by atoms with E-state index < -0.39 is 5.82 Å². The number of unbranched alkanes of at least 4 members (excludes halogenated alkanes) is 1. The van der Waals surface area contributed by atoms with Crippen LogP contribution in [0.5, 0.6) is 0 Å². The molecule has 33 heavy (non-hydrogen) atoms. The molecule has 1 aliphatic rings. The number of fused-ring (bicyclic) bond motifs is 1. The van der Waals surface area contributed by atoms with E-state index in [1.165, 1.54) is 69.1 Å². The molecule has 0 bridgehead atoms. The Balaban J connectivity index is 1.40. The maximum atomic E-state index is 15.1. The second-order valence-corrected chi connectivity index (χ2v) is 9.84. The topological polar surface area (TPSA) is 0 Å². The normalized spacial score (nSPS) is 18.2. The van der Waals surface area contributed by atoms with Gasteiger partial charge in [0.1, 0.15) is 11.6 Å². The maximum Gasteiger partial charge on any atom is 0.146 e. The summed E-state index contributed by atoms with van der Waals surface area (Å²) in [5.41, 5.74) is 2.04. The van der Waals surface area contributed by atoms with Crippen LogP contribution in [0.25, 0.3) is 10.8 Å². The molecule has 0 aliphatic heterocycles. The summed E-state index contributed by atoms with van der Waals surface area (Å²) >= 11 is 5.71. The summed E-state index contributed by atoms with van der Waals surface area (Å²) in [6, 6.07) is 14.0. The molecule has 1 fully saturated rings. The summed E-state index contributed by atoms with van der Waals surface area (Å²) in [7, 11) is 0. The van der Waals surface area contributed by atoms with Crippen LogP contribution in [0.15, 0.2) is 48.5 Å². The lowest BCUT2D eigenvalue weighted by atomic mass is 9.78. The number of aryl methyl sites for hydroxylation is 1. The highest BCUT2D eigenvalue weighted by atomic mass is 35.5. The predicted molar refractivity (Wildman–Crippen MR) is 135 cm³/mol. The van der Waals surface area contributed by atoms with Crippen LogP contribution in [-0.4, -0.2) is 0 Å². The Kier molecular flexibility index (Phi) is 8.05. The molecule has 1 saturated carbocycles. The van der Waals surface area contributed by atoms with Gasteiger partial charge in [-0.1, -0.05) is 99.6 Å². The van der Waals surface area contributed by atoms with Crippen molar-refractivity contribution in [3.63, 3.8) is 0 Å². The molecule has 172 valence electrons. The lowest BCUT2D eigenvalue weighted by molar-refractivity contribution is 0.250. The van der Waals surface area contributed by atoms with Gasteiger partial charge in [-0.2, -0.15) is 0 Å². The Morgan fingerprint density at radius 3 is 2.36 bits per heavy atom. The van der Waals surface area contributed by atoms with Crippen LogP contribution in [0.2, 0.25) is 5.02 Å². The number of halogens is 3. The van der Waals surface area contributed by atoms with Crippen molar-refractivity contribution in [2.75, 3.05) is 0 Å². The van der Waals surface area contributed by atoms with Gasteiger partial charge in [0.25, 0.3) is 0 Å². The van der Waals surface area contributed by atoms with E-state index in [0.29, 0.717) is 16.5 Å². The van der Waals surface area contributed by atoms with Crippen LogP contribution in [0, 0.1) is 35.3 Å². The first-order chi connectivity index (χ1) is 16.0. The Hall–Kier alpha value is -2.37. The SMILES string of the molecule is CCCCC1CCC(CCc2ccc3c(F)c(C#Cc4ccc(Cl)c(F)c4)ccc3c2)CC1. The molecule has 3 heteroatoms. The van der Waals surface area contributed by atoms with Gasteiger partial charge in [-0.3, -0.25) is 0 Å². The molecular weight excluding hydrogens is 434 g/mol. The largest absolute Gasteiger partial charge is 0.205 e. The van der Waals surface area contributed by atoms with Crippen molar-refractivity contribution in [3.8, 4) is 11.8 Å². The number of hydrogen-bond acceptors (Lipinski definition) is 0. The maximum absolute atomic E-state index is 15.1.